The van der Waals surface area contributed by atoms with Gasteiger partial charge in [0.2, 0.25) is 5.91 Å². The van der Waals surface area contributed by atoms with Crippen LogP contribution in [0.15, 0.2) is 54.6 Å². The second-order valence-electron chi connectivity index (χ2n) is 7.50. The Labute approximate surface area is 162 Å². The van der Waals surface area contributed by atoms with Crippen molar-refractivity contribution in [2.24, 2.45) is 5.92 Å². The number of hydrogen-bond donors (Lipinski definition) is 2. The first-order valence-corrected chi connectivity index (χ1v) is 9.90. The first-order valence-electron chi connectivity index (χ1n) is 9.90. The average molecular weight is 367 g/mol. The number of likely N-dealkylation sites (tertiary alicyclic amines) is 1. The van der Waals surface area contributed by atoms with Crippen molar-refractivity contribution in [3.63, 3.8) is 0 Å². The zero-order valence-corrected chi connectivity index (χ0v) is 16.1. The van der Waals surface area contributed by atoms with E-state index >= 15 is 0 Å². The van der Waals surface area contributed by atoms with Gasteiger partial charge in [-0.05, 0) is 61.9 Å². The first kappa shape index (κ1) is 19.6. The summed E-state index contributed by atoms with van der Waals surface area (Å²) < 4.78 is 0. The van der Waals surface area contributed by atoms with E-state index in [2.05, 4.69) is 29.3 Å². The maximum atomic E-state index is 12.2. The number of nitrogens with one attached hydrogen (secondary N) is 1. The standard InChI is InChI=1S/C23H30N2O2/c1-18-7-5-6-8-19(18)11-14-24-22(26)17-25-15-12-21(13-16-25)23(27)20-9-3-2-4-10-20/h2-10,21,23,27H,11-17H2,1H3,(H,24,26). The largest absolute Gasteiger partial charge is 0.388 e. The van der Waals surface area contributed by atoms with Crippen LogP contribution in [0.5, 0.6) is 0 Å². The highest BCUT2D eigenvalue weighted by Crippen LogP contribution is 2.30. The summed E-state index contributed by atoms with van der Waals surface area (Å²) >= 11 is 0. The molecule has 3 rings (SSSR count). The highest BCUT2D eigenvalue weighted by Gasteiger charge is 2.26. The van der Waals surface area contributed by atoms with Gasteiger partial charge in [0.05, 0.1) is 12.6 Å². The molecule has 0 radical (unpaired) electrons. The van der Waals surface area contributed by atoms with Crippen molar-refractivity contribution in [1.82, 2.24) is 10.2 Å². The van der Waals surface area contributed by atoms with Crippen LogP contribution in [-0.2, 0) is 11.2 Å². The zero-order chi connectivity index (χ0) is 19.1. The lowest BCUT2D eigenvalue weighted by Gasteiger charge is -2.34. The van der Waals surface area contributed by atoms with Gasteiger partial charge in [-0.2, -0.15) is 0 Å². The number of aryl methyl sites for hydroxylation is 1. The van der Waals surface area contributed by atoms with Crippen LogP contribution in [0.1, 0.15) is 35.6 Å². The Hall–Kier alpha value is -2.17. The molecule has 2 aromatic carbocycles. The minimum atomic E-state index is -0.406. The highest BCUT2D eigenvalue weighted by molar-refractivity contribution is 5.78. The Morgan fingerprint density at radius 2 is 1.78 bits per heavy atom. The van der Waals surface area contributed by atoms with Gasteiger partial charge in [-0.1, -0.05) is 54.6 Å². The van der Waals surface area contributed by atoms with Crippen molar-refractivity contribution in [1.29, 1.82) is 0 Å². The molecule has 0 bridgehead atoms. The summed E-state index contributed by atoms with van der Waals surface area (Å²) in [5.74, 6) is 0.360. The van der Waals surface area contributed by atoms with E-state index in [-0.39, 0.29) is 11.8 Å². The minimum Gasteiger partial charge on any atom is -0.388 e. The predicted octanol–water partition coefficient (Wildman–Crippen LogP) is 3.10. The fourth-order valence-corrected chi connectivity index (χ4v) is 3.84. The molecular weight excluding hydrogens is 336 g/mol. The molecule has 4 heteroatoms. The van der Waals surface area contributed by atoms with Gasteiger partial charge in [0.1, 0.15) is 0 Å². The maximum absolute atomic E-state index is 12.2. The van der Waals surface area contributed by atoms with Crippen LogP contribution in [0.3, 0.4) is 0 Å². The van der Waals surface area contributed by atoms with Gasteiger partial charge in [-0.3, -0.25) is 9.69 Å². The molecule has 1 atom stereocenters. The number of amides is 1. The molecule has 1 saturated heterocycles. The Kier molecular flexibility index (Phi) is 7.02. The molecule has 0 aromatic heterocycles. The van der Waals surface area contributed by atoms with E-state index in [0.29, 0.717) is 13.1 Å². The Bertz CT molecular complexity index is 724. The first-order chi connectivity index (χ1) is 13.1. The monoisotopic (exact) mass is 366 g/mol. The Morgan fingerprint density at radius 1 is 1.11 bits per heavy atom. The number of nitrogens with zero attached hydrogens (tertiary/aromatic N) is 1. The molecule has 0 spiro atoms. The molecule has 1 fully saturated rings. The van der Waals surface area contributed by atoms with Crippen LogP contribution in [-0.4, -0.2) is 42.1 Å². The summed E-state index contributed by atoms with van der Waals surface area (Å²) in [7, 11) is 0. The summed E-state index contributed by atoms with van der Waals surface area (Å²) in [4.78, 5) is 14.4. The second kappa shape index (κ2) is 9.67. The van der Waals surface area contributed by atoms with Gasteiger partial charge in [0.15, 0.2) is 0 Å². The molecule has 1 heterocycles. The molecule has 1 aliphatic rings. The number of rotatable bonds is 7. The number of carbonyl (C=O) groups excluding carboxylic acids is 1. The van der Waals surface area contributed by atoms with Crippen LogP contribution in [0.25, 0.3) is 0 Å². The topological polar surface area (TPSA) is 52.6 Å². The zero-order valence-electron chi connectivity index (χ0n) is 16.1. The van der Waals surface area contributed by atoms with Gasteiger partial charge in [-0.15, -0.1) is 0 Å². The molecule has 0 saturated carbocycles. The third-order valence-corrected chi connectivity index (χ3v) is 5.56. The fraction of sp³-hybridized carbons (Fsp3) is 0.435. The third-order valence-electron chi connectivity index (χ3n) is 5.56. The minimum absolute atomic E-state index is 0.0886. The summed E-state index contributed by atoms with van der Waals surface area (Å²) in [6, 6.07) is 18.2. The van der Waals surface area contributed by atoms with Crippen LogP contribution in [0, 0.1) is 12.8 Å². The van der Waals surface area contributed by atoms with Crippen LogP contribution < -0.4 is 5.32 Å². The lowest BCUT2D eigenvalue weighted by Crippen LogP contribution is -2.42. The molecule has 0 aliphatic carbocycles. The highest BCUT2D eigenvalue weighted by atomic mass is 16.3. The summed E-state index contributed by atoms with van der Waals surface area (Å²) in [6.07, 6.45) is 2.30. The van der Waals surface area contributed by atoms with Crippen molar-refractivity contribution in [2.75, 3.05) is 26.2 Å². The fourth-order valence-electron chi connectivity index (χ4n) is 3.84. The van der Waals surface area contributed by atoms with Crippen LogP contribution in [0.2, 0.25) is 0 Å². The SMILES string of the molecule is Cc1ccccc1CCNC(=O)CN1CCC(C(O)c2ccccc2)CC1. The lowest BCUT2D eigenvalue weighted by molar-refractivity contribution is -0.122. The smallest absolute Gasteiger partial charge is 0.234 e. The summed E-state index contributed by atoms with van der Waals surface area (Å²) in [5.41, 5.74) is 3.55. The van der Waals surface area contributed by atoms with Gasteiger partial charge in [0, 0.05) is 6.54 Å². The van der Waals surface area contributed by atoms with Crippen molar-refractivity contribution in [3.05, 3.63) is 71.3 Å². The van der Waals surface area contributed by atoms with Crippen molar-refractivity contribution in [3.8, 4) is 0 Å². The van der Waals surface area contributed by atoms with Crippen LogP contribution in [0.4, 0.5) is 0 Å². The molecule has 4 nitrogen and oxygen atoms in total. The molecule has 27 heavy (non-hydrogen) atoms. The van der Waals surface area contributed by atoms with E-state index in [9.17, 15) is 9.90 Å². The summed E-state index contributed by atoms with van der Waals surface area (Å²) in [6.45, 7) is 4.94. The van der Waals surface area contributed by atoms with E-state index in [1.807, 2.05) is 42.5 Å². The predicted molar refractivity (Wildman–Crippen MR) is 108 cm³/mol. The van der Waals surface area contributed by atoms with E-state index < -0.39 is 6.10 Å². The van der Waals surface area contributed by atoms with E-state index in [1.165, 1.54) is 11.1 Å². The quantitative estimate of drug-likeness (QED) is 0.792. The van der Waals surface area contributed by atoms with E-state index in [4.69, 9.17) is 0 Å². The van der Waals surface area contributed by atoms with Crippen molar-refractivity contribution in [2.45, 2.75) is 32.3 Å². The molecule has 1 unspecified atom stereocenters. The number of benzene rings is 2. The van der Waals surface area contributed by atoms with Gasteiger partial charge in [0.25, 0.3) is 0 Å². The number of hydrogen-bond acceptors (Lipinski definition) is 3. The Balaban J connectivity index is 1.37. The van der Waals surface area contributed by atoms with Gasteiger partial charge >= 0.3 is 0 Å². The van der Waals surface area contributed by atoms with Gasteiger partial charge in [-0.25, -0.2) is 0 Å². The molecule has 144 valence electrons. The average Bonchev–Trinajstić information content (AvgIpc) is 2.70. The molecular formula is C23H30N2O2. The van der Waals surface area contributed by atoms with E-state index in [0.717, 1.165) is 37.9 Å². The maximum Gasteiger partial charge on any atom is 0.234 e. The Morgan fingerprint density at radius 3 is 2.48 bits per heavy atom. The number of aliphatic hydroxyl groups is 1. The second-order valence-corrected chi connectivity index (χ2v) is 7.50. The van der Waals surface area contributed by atoms with Gasteiger partial charge < -0.3 is 10.4 Å². The van der Waals surface area contributed by atoms with Crippen molar-refractivity contribution >= 4 is 5.91 Å². The number of piperidine rings is 1. The number of carbonyl (C=O) groups is 1. The molecule has 2 aromatic rings. The summed E-state index contributed by atoms with van der Waals surface area (Å²) in [5, 5.41) is 13.6. The third kappa shape index (κ3) is 5.65. The lowest BCUT2D eigenvalue weighted by atomic mass is 9.87. The molecule has 2 N–H and O–H groups in total. The van der Waals surface area contributed by atoms with Crippen molar-refractivity contribution < 1.29 is 9.90 Å². The molecule has 1 amide bonds. The van der Waals surface area contributed by atoms with Crippen LogP contribution >= 0.6 is 0 Å². The number of aliphatic hydroxyl groups excluding tert-OH is 1. The molecule has 1 aliphatic heterocycles. The van der Waals surface area contributed by atoms with E-state index in [1.54, 1.807) is 0 Å². The normalized spacial score (nSPS) is 16.8.